The van der Waals surface area contributed by atoms with Crippen molar-refractivity contribution in [1.29, 1.82) is 0 Å². The summed E-state index contributed by atoms with van der Waals surface area (Å²) in [4.78, 5) is 16.6. The maximum Gasteiger partial charge on any atom is 0.193 e. The molecule has 0 aliphatic carbocycles. The Morgan fingerprint density at radius 2 is 1.68 bits per heavy atom. The molecule has 3 rings (SSSR count). The van der Waals surface area contributed by atoms with E-state index < -0.39 is 0 Å². The Labute approximate surface area is 161 Å². The first-order valence-corrected chi connectivity index (χ1v) is 9.39. The molecule has 0 aliphatic rings. The third kappa shape index (κ3) is 5.36. The summed E-state index contributed by atoms with van der Waals surface area (Å²) in [6, 6.07) is 15.0. The van der Waals surface area contributed by atoms with E-state index in [-0.39, 0.29) is 10.4 Å². The van der Waals surface area contributed by atoms with Crippen LogP contribution in [-0.2, 0) is 17.8 Å². The molecule has 3 nitrogen and oxygen atoms in total. The van der Waals surface area contributed by atoms with Crippen molar-refractivity contribution in [2.75, 3.05) is 0 Å². The maximum absolute atomic E-state index is 12.6. The van der Waals surface area contributed by atoms with Crippen molar-refractivity contribution >= 4 is 40.1 Å². The van der Waals surface area contributed by atoms with Gasteiger partial charge < -0.3 is 4.57 Å². The lowest BCUT2D eigenvalue weighted by Crippen LogP contribution is -2.09. The number of imidazole rings is 1. The molecule has 128 valence electrons. The van der Waals surface area contributed by atoms with E-state index in [1.165, 1.54) is 11.8 Å². The molecule has 2 aromatic carbocycles. The third-order valence-electron chi connectivity index (χ3n) is 3.71. The van der Waals surface area contributed by atoms with E-state index in [0.29, 0.717) is 23.0 Å². The Balaban J connectivity index is 1.73. The monoisotopic (exact) mass is 390 g/mol. The molecule has 25 heavy (non-hydrogen) atoms. The van der Waals surface area contributed by atoms with E-state index in [0.717, 1.165) is 11.1 Å². The molecule has 0 aliphatic heterocycles. The van der Waals surface area contributed by atoms with Crippen LogP contribution in [0.3, 0.4) is 0 Å². The molecule has 0 bridgehead atoms. The van der Waals surface area contributed by atoms with Crippen LogP contribution in [0.2, 0.25) is 10.0 Å². The number of halogens is 2. The first kappa shape index (κ1) is 18.1. The summed E-state index contributed by atoms with van der Waals surface area (Å²) in [5.41, 5.74) is 2.02. The molecule has 0 amide bonds. The Bertz CT molecular complexity index is 818. The van der Waals surface area contributed by atoms with Crippen molar-refractivity contribution in [3.05, 3.63) is 88.4 Å². The fourth-order valence-corrected chi connectivity index (χ4v) is 3.80. The normalized spacial score (nSPS) is 12.1. The average Bonchev–Trinajstić information content (AvgIpc) is 3.10. The molecular formula is C19H16Cl2N2OS. The van der Waals surface area contributed by atoms with Gasteiger partial charge >= 0.3 is 0 Å². The van der Waals surface area contributed by atoms with E-state index in [4.69, 9.17) is 23.2 Å². The Morgan fingerprint density at radius 1 is 1.04 bits per heavy atom. The van der Waals surface area contributed by atoms with E-state index in [1.807, 2.05) is 47.2 Å². The van der Waals surface area contributed by atoms with E-state index in [1.54, 1.807) is 24.7 Å². The van der Waals surface area contributed by atoms with Gasteiger partial charge in [-0.3, -0.25) is 4.79 Å². The molecule has 1 aromatic heterocycles. The van der Waals surface area contributed by atoms with Gasteiger partial charge in [-0.15, -0.1) is 0 Å². The molecule has 0 saturated carbocycles. The summed E-state index contributed by atoms with van der Waals surface area (Å²) in [7, 11) is 0. The average molecular weight is 391 g/mol. The van der Waals surface area contributed by atoms with Crippen LogP contribution < -0.4 is 0 Å². The minimum Gasteiger partial charge on any atom is -0.336 e. The number of hydrogen-bond acceptors (Lipinski definition) is 3. The lowest BCUT2D eigenvalue weighted by Gasteiger charge is -2.17. The molecule has 6 heteroatoms. The molecular weight excluding hydrogens is 375 g/mol. The number of aromatic nitrogens is 2. The van der Waals surface area contributed by atoms with Crippen molar-refractivity contribution in [3.8, 4) is 0 Å². The first-order valence-electron chi connectivity index (χ1n) is 7.75. The quantitative estimate of drug-likeness (QED) is 0.562. The van der Waals surface area contributed by atoms with Crippen LogP contribution >= 0.6 is 35.0 Å². The number of thioether (sulfide) groups is 1. The molecule has 1 heterocycles. The predicted molar refractivity (Wildman–Crippen MR) is 104 cm³/mol. The Kier molecular flexibility index (Phi) is 6.19. The van der Waals surface area contributed by atoms with Gasteiger partial charge in [0.25, 0.3) is 0 Å². The van der Waals surface area contributed by atoms with Crippen LogP contribution in [0, 0.1) is 0 Å². The molecule has 0 radical (unpaired) electrons. The molecule has 0 saturated heterocycles. The number of rotatable bonds is 6. The second kappa shape index (κ2) is 8.56. The summed E-state index contributed by atoms with van der Waals surface area (Å²) in [5.74, 6) is 0. The number of benzene rings is 2. The zero-order chi connectivity index (χ0) is 17.6. The molecule has 0 N–H and O–H groups in total. The smallest absolute Gasteiger partial charge is 0.193 e. The van der Waals surface area contributed by atoms with Crippen molar-refractivity contribution in [2.24, 2.45) is 0 Å². The van der Waals surface area contributed by atoms with Gasteiger partial charge in [0.15, 0.2) is 5.12 Å². The summed E-state index contributed by atoms with van der Waals surface area (Å²) in [5, 5.41) is 1.46. The van der Waals surface area contributed by atoms with Crippen molar-refractivity contribution in [3.63, 3.8) is 0 Å². The van der Waals surface area contributed by atoms with Crippen molar-refractivity contribution in [1.82, 2.24) is 9.55 Å². The van der Waals surface area contributed by atoms with Gasteiger partial charge in [-0.2, -0.15) is 0 Å². The third-order valence-corrected chi connectivity index (χ3v) is 5.33. The standard InChI is InChI=1S/C19H16Cl2N2OS/c20-16-5-1-14(2-6-16)11-19(24)25-18(12-23-10-9-22-13-23)15-3-7-17(21)8-4-15/h1-10,13,18H,11-12H2. The molecule has 1 unspecified atom stereocenters. The van der Waals surface area contributed by atoms with E-state index in [2.05, 4.69) is 4.98 Å². The van der Waals surface area contributed by atoms with Gasteiger partial charge in [0.05, 0.1) is 11.6 Å². The number of hydrogen-bond donors (Lipinski definition) is 0. The van der Waals surface area contributed by atoms with Gasteiger partial charge in [-0.25, -0.2) is 4.98 Å². The summed E-state index contributed by atoms with van der Waals surface area (Å²) < 4.78 is 1.97. The van der Waals surface area contributed by atoms with Gasteiger partial charge in [0.1, 0.15) is 0 Å². The molecule has 3 aromatic rings. The second-order valence-corrected chi connectivity index (χ2v) is 7.73. The van der Waals surface area contributed by atoms with Crippen LogP contribution in [-0.4, -0.2) is 14.7 Å². The Hall–Kier alpha value is -1.75. The first-order chi connectivity index (χ1) is 12.1. The topological polar surface area (TPSA) is 34.9 Å². The van der Waals surface area contributed by atoms with Crippen LogP contribution in [0.25, 0.3) is 0 Å². The zero-order valence-corrected chi connectivity index (χ0v) is 15.6. The van der Waals surface area contributed by atoms with Gasteiger partial charge in [-0.1, -0.05) is 59.2 Å². The molecule has 0 fully saturated rings. The summed E-state index contributed by atoms with van der Waals surface area (Å²) in [6.45, 7) is 0.665. The largest absolute Gasteiger partial charge is 0.336 e. The van der Waals surface area contributed by atoms with Crippen molar-refractivity contribution < 1.29 is 4.79 Å². The predicted octanol–water partition coefficient (Wildman–Crippen LogP) is 5.43. The minimum absolute atomic E-state index is 0.00809. The zero-order valence-electron chi connectivity index (χ0n) is 13.3. The fraction of sp³-hybridized carbons (Fsp3) is 0.158. The van der Waals surface area contributed by atoms with Crippen molar-refractivity contribution in [2.45, 2.75) is 18.2 Å². The maximum atomic E-state index is 12.6. The van der Waals surface area contributed by atoms with Gasteiger partial charge in [0, 0.05) is 35.4 Å². The SMILES string of the molecule is O=C(Cc1ccc(Cl)cc1)SC(Cn1ccnc1)c1ccc(Cl)cc1. The van der Waals surface area contributed by atoms with Gasteiger partial charge in [-0.05, 0) is 35.4 Å². The van der Waals surface area contributed by atoms with E-state index in [9.17, 15) is 4.79 Å². The van der Waals surface area contributed by atoms with Crippen LogP contribution in [0.1, 0.15) is 16.4 Å². The van der Waals surface area contributed by atoms with Crippen LogP contribution in [0.5, 0.6) is 0 Å². The van der Waals surface area contributed by atoms with Crippen LogP contribution in [0.4, 0.5) is 0 Å². The summed E-state index contributed by atoms with van der Waals surface area (Å²) in [6.07, 6.45) is 5.76. The summed E-state index contributed by atoms with van der Waals surface area (Å²) >= 11 is 13.2. The number of carbonyl (C=O) groups excluding carboxylic acids is 1. The molecule has 0 spiro atoms. The molecule has 1 atom stereocenters. The van der Waals surface area contributed by atoms with Crippen LogP contribution in [0.15, 0.2) is 67.3 Å². The Morgan fingerprint density at radius 3 is 2.28 bits per heavy atom. The van der Waals surface area contributed by atoms with E-state index >= 15 is 0 Å². The lowest BCUT2D eigenvalue weighted by atomic mass is 10.1. The second-order valence-electron chi connectivity index (χ2n) is 5.59. The lowest BCUT2D eigenvalue weighted by molar-refractivity contribution is -0.110. The number of carbonyl (C=O) groups is 1. The fourth-order valence-electron chi connectivity index (χ4n) is 2.44. The number of nitrogens with zero attached hydrogens (tertiary/aromatic N) is 2. The highest BCUT2D eigenvalue weighted by Crippen LogP contribution is 2.32. The highest BCUT2D eigenvalue weighted by molar-refractivity contribution is 8.13. The minimum atomic E-state index is -0.00809. The highest BCUT2D eigenvalue weighted by atomic mass is 35.5. The van der Waals surface area contributed by atoms with Gasteiger partial charge in [0.2, 0.25) is 0 Å². The highest BCUT2D eigenvalue weighted by Gasteiger charge is 2.18.